The number of carbonyl (C=O) groups excluding carboxylic acids is 1. The van der Waals surface area contributed by atoms with Crippen molar-refractivity contribution in [2.75, 3.05) is 0 Å². The van der Waals surface area contributed by atoms with Gasteiger partial charge in [0.05, 0.1) is 6.42 Å². The first kappa shape index (κ1) is 19.1. The molecule has 0 amide bonds. The average Bonchev–Trinajstić information content (AvgIpc) is 2.55. The highest BCUT2D eigenvalue weighted by atomic mass is 32.2. The Kier molecular flexibility index (Phi) is 5.75. The Morgan fingerprint density at radius 3 is 2.31 bits per heavy atom. The lowest BCUT2D eigenvalue weighted by molar-refractivity contribution is -0.763. The predicted octanol–water partition coefficient (Wildman–Crippen LogP) is 1.50. The first-order valence-electron chi connectivity index (χ1n) is 7.01. The van der Waals surface area contributed by atoms with Crippen molar-refractivity contribution in [1.82, 2.24) is 0 Å². The molecule has 2 rings (SSSR count). The van der Waals surface area contributed by atoms with Gasteiger partial charge in [-0.15, -0.1) is 10.1 Å². The van der Waals surface area contributed by atoms with Crippen molar-refractivity contribution >= 4 is 16.1 Å². The first-order chi connectivity index (χ1) is 12.1. The van der Waals surface area contributed by atoms with Crippen LogP contribution < -0.4 is 4.74 Å². The first-order valence-corrected chi connectivity index (χ1v) is 8.45. The molecule has 0 fully saturated rings. The molecule has 10 nitrogen and oxygen atoms in total. The minimum absolute atomic E-state index is 0.220. The summed E-state index contributed by atoms with van der Waals surface area (Å²) in [7, 11) is -4.70. The van der Waals surface area contributed by atoms with Gasteiger partial charge in [-0.25, -0.2) is 0 Å². The molecule has 26 heavy (non-hydrogen) atoms. The summed E-state index contributed by atoms with van der Waals surface area (Å²) in [5, 5.41) is 18.5. The van der Waals surface area contributed by atoms with E-state index in [4.69, 9.17) is 9.29 Å². The van der Waals surface area contributed by atoms with Crippen LogP contribution in [0, 0.1) is 10.1 Å². The number of phenolic OH excluding ortho intramolecular Hbond substituents is 1. The zero-order valence-electron chi connectivity index (χ0n) is 13.1. The van der Waals surface area contributed by atoms with Crippen molar-refractivity contribution in [2.45, 2.75) is 17.9 Å². The fraction of sp³-hybridized carbons (Fsp3) is 0.133. The van der Waals surface area contributed by atoms with Gasteiger partial charge in [-0.2, -0.15) is 8.42 Å². The molecule has 0 saturated heterocycles. The molecule has 0 radical (unpaired) electrons. The maximum atomic E-state index is 12.0. The van der Waals surface area contributed by atoms with Crippen LogP contribution in [0.1, 0.15) is 11.1 Å². The highest BCUT2D eigenvalue weighted by molar-refractivity contribution is 7.86. The number of esters is 1. The summed E-state index contributed by atoms with van der Waals surface area (Å²) in [5.74, 6) is -1.66. The highest BCUT2D eigenvalue weighted by Gasteiger charge is 2.20. The van der Waals surface area contributed by atoms with E-state index in [1.54, 1.807) is 0 Å². The van der Waals surface area contributed by atoms with Gasteiger partial charge in [0.2, 0.25) is 0 Å². The van der Waals surface area contributed by atoms with Gasteiger partial charge >= 0.3 is 5.97 Å². The minimum atomic E-state index is -4.70. The Balaban J connectivity index is 2.06. The van der Waals surface area contributed by atoms with Crippen LogP contribution in [0.5, 0.6) is 11.5 Å². The Morgan fingerprint density at radius 1 is 1.12 bits per heavy atom. The summed E-state index contributed by atoms with van der Waals surface area (Å²) in [4.78, 5) is 25.6. The highest BCUT2D eigenvalue weighted by Crippen LogP contribution is 2.28. The normalized spacial score (nSPS) is 11.0. The SMILES string of the molecule is O=C(Cc1ccc(CO[N+](=O)[O-])cc1)Oc1ccc(O)cc1S(=O)(=O)O. The van der Waals surface area contributed by atoms with Crippen LogP contribution in [0.4, 0.5) is 0 Å². The Bertz CT molecular complexity index is 923. The maximum Gasteiger partial charge on any atom is 0.315 e. The molecular formula is C15H13NO9S. The molecule has 2 N–H and O–H groups in total. The van der Waals surface area contributed by atoms with E-state index in [9.17, 15) is 28.4 Å². The second kappa shape index (κ2) is 7.80. The van der Waals surface area contributed by atoms with Gasteiger partial charge in [0.15, 0.2) is 5.75 Å². The van der Waals surface area contributed by atoms with Crippen LogP contribution in [0.3, 0.4) is 0 Å². The van der Waals surface area contributed by atoms with E-state index in [0.29, 0.717) is 11.1 Å². The molecule has 2 aromatic rings. The Morgan fingerprint density at radius 2 is 1.73 bits per heavy atom. The number of hydrogen-bond acceptors (Lipinski definition) is 8. The van der Waals surface area contributed by atoms with Crippen molar-refractivity contribution in [3.05, 3.63) is 63.7 Å². The number of carbonyl (C=O) groups is 1. The molecule has 2 aromatic carbocycles. The van der Waals surface area contributed by atoms with E-state index in [-0.39, 0.29) is 13.0 Å². The average molecular weight is 383 g/mol. The van der Waals surface area contributed by atoms with Crippen molar-refractivity contribution in [3.63, 3.8) is 0 Å². The van der Waals surface area contributed by atoms with Crippen molar-refractivity contribution in [1.29, 1.82) is 0 Å². The molecule has 0 spiro atoms. The van der Waals surface area contributed by atoms with E-state index in [1.807, 2.05) is 0 Å². The van der Waals surface area contributed by atoms with Gasteiger partial charge in [-0.05, 0) is 23.3 Å². The molecule has 0 atom stereocenters. The second-order valence-corrected chi connectivity index (χ2v) is 6.46. The third-order valence-corrected chi connectivity index (χ3v) is 4.01. The minimum Gasteiger partial charge on any atom is -0.508 e. The summed E-state index contributed by atoms with van der Waals surface area (Å²) in [6.45, 7) is -0.233. The number of rotatable bonds is 7. The number of nitrogens with zero attached hydrogens (tertiary/aromatic N) is 1. The van der Waals surface area contributed by atoms with Crippen LogP contribution in [-0.2, 0) is 32.8 Å². The third kappa shape index (κ3) is 5.43. The third-order valence-electron chi connectivity index (χ3n) is 3.14. The van der Waals surface area contributed by atoms with E-state index in [0.717, 1.165) is 18.2 Å². The number of phenols is 1. The van der Waals surface area contributed by atoms with Gasteiger partial charge < -0.3 is 14.7 Å². The van der Waals surface area contributed by atoms with Gasteiger partial charge in [0.25, 0.3) is 15.2 Å². The topological polar surface area (TPSA) is 153 Å². The molecule has 0 aliphatic carbocycles. The monoisotopic (exact) mass is 383 g/mol. The molecular weight excluding hydrogens is 370 g/mol. The van der Waals surface area contributed by atoms with Crippen LogP contribution in [0.15, 0.2) is 47.4 Å². The molecule has 0 aromatic heterocycles. The van der Waals surface area contributed by atoms with Crippen molar-refractivity contribution < 1.29 is 37.5 Å². The Labute approximate surface area is 147 Å². The second-order valence-electron chi connectivity index (χ2n) is 5.07. The molecule has 0 saturated carbocycles. The van der Waals surface area contributed by atoms with Gasteiger partial charge in [-0.1, -0.05) is 24.3 Å². The van der Waals surface area contributed by atoms with E-state index >= 15 is 0 Å². The van der Waals surface area contributed by atoms with Crippen molar-refractivity contribution in [3.8, 4) is 11.5 Å². The smallest absolute Gasteiger partial charge is 0.315 e. The van der Waals surface area contributed by atoms with Crippen LogP contribution in [-0.4, -0.2) is 29.1 Å². The number of ether oxygens (including phenoxy) is 1. The summed E-state index contributed by atoms with van der Waals surface area (Å²) in [6, 6.07) is 8.99. The van der Waals surface area contributed by atoms with Crippen LogP contribution in [0.2, 0.25) is 0 Å². The predicted molar refractivity (Wildman–Crippen MR) is 85.5 cm³/mol. The molecule has 0 aliphatic heterocycles. The quantitative estimate of drug-likeness (QED) is 0.238. The van der Waals surface area contributed by atoms with Gasteiger partial charge in [0.1, 0.15) is 17.3 Å². The van der Waals surface area contributed by atoms with E-state index < -0.39 is 37.6 Å². The summed E-state index contributed by atoms with van der Waals surface area (Å²) in [5.41, 5.74) is 1.03. The molecule has 0 bridgehead atoms. The van der Waals surface area contributed by atoms with E-state index in [2.05, 4.69) is 4.84 Å². The fourth-order valence-corrected chi connectivity index (χ4v) is 2.62. The summed E-state index contributed by atoms with van der Waals surface area (Å²) < 4.78 is 36.6. The standard InChI is InChI=1S/C15H13NO9S/c17-12-5-6-13(14(8-12)26(21,22)23)25-15(18)7-10-1-3-11(4-2-10)9-24-16(19)20/h1-6,8,17H,7,9H2,(H,21,22,23). The lowest BCUT2D eigenvalue weighted by atomic mass is 10.1. The number of benzene rings is 2. The summed E-state index contributed by atoms with van der Waals surface area (Å²) >= 11 is 0. The Hall–Kier alpha value is -3.18. The van der Waals surface area contributed by atoms with Gasteiger partial charge in [0, 0.05) is 6.07 Å². The maximum absolute atomic E-state index is 12.0. The lowest BCUT2D eigenvalue weighted by Gasteiger charge is -2.09. The molecule has 11 heteroatoms. The van der Waals surface area contributed by atoms with Crippen LogP contribution in [0.25, 0.3) is 0 Å². The molecule has 138 valence electrons. The lowest BCUT2D eigenvalue weighted by Crippen LogP contribution is -2.13. The number of hydrogen-bond donors (Lipinski definition) is 2. The van der Waals surface area contributed by atoms with Crippen LogP contribution >= 0.6 is 0 Å². The fourth-order valence-electron chi connectivity index (χ4n) is 1.99. The van der Waals surface area contributed by atoms with Gasteiger partial charge in [-0.3, -0.25) is 9.35 Å². The molecule has 0 unspecified atom stereocenters. The largest absolute Gasteiger partial charge is 0.508 e. The van der Waals surface area contributed by atoms with E-state index in [1.165, 1.54) is 24.3 Å². The molecule has 0 heterocycles. The summed E-state index contributed by atoms with van der Waals surface area (Å²) in [6.07, 6.45) is -0.220. The van der Waals surface area contributed by atoms with Crippen molar-refractivity contribution in [2.24, 2.45) is 0 Å². The zero-order chi connectivity index (χ0) is 19.3. The number of aromatic hydroxyl groups is 1. The molecule has 0 aliphatic rings. The zero-order valence-corrected chi connectivity index (χ0v) is 13.9.